The minimum Gasteiger partial charge on any atom is -0.379 e. The molecule has 2 atom stereocenters. The average Bonchev–Trinajstić information content (AvgIpc) is 2.49. The molecule has 0 spiro atoms. The fourth-order valence-corrected chi connectivity index (χ4v) is 2.75. The number of rotatable bonds is 5. The third-order valence-electron chi connectivity index (χ3n) is 3.99. The number of nitrogens with zero attached hydrogens (tertiary/aromatic N) is 1. The molecule has 0 aromatic heterocycles. The van der Waals surface area contributed by atoms with Crippen molar-refractivity contribution < 1.29 is 14.3 Å². The summed E-state index contributed by atoms with van der Waals surface area (Å²) < 4.78 is 10.9. The molecule has 0 bridgehead atoms. The number of amides is 1. The number of hydrogen-bond donors (Lipinski definition) is 2. The third kappa shape index (κ3) is 4.41. The summed E-state index contributed by atoms with van der Waals surface area (Å²) in [6.07, 6.45) is -0.346. The first-order chi connectivity index (χ1) is 9.68. The lowest BCUT2D eigenvalue weighted by Gasteiger charge is -2.37. The normalized spacial score (nSPS) is 26.4. The van der Waals surface area contributed by atoms with Crippen LogP contribution in [0.15, 0.2) is 0 Å². The Morgan fingerprint density at radius 2 is 2.10 bits per heavy atom. The standard InChI is InChI=1S/C14H27N3O3/c1-11(2)12(17-4-7-19-8-5-17)9-16-14(18)13-10-15-3-6-20-13/h11-13,15H,3-10H2,1-2H3,(H,16,18). The second-order valence-corrected chi connectivity index (χ2v) is 5.77. The summed E-state index contributed by atoms with van der Waals surface area (Å²) in [5.41, 5.74) is 0. The van der Waals surface area contributed by atoms with Crippen molar-refractivity contribution in [2.75, 3.05) is 52.5 Å². The zero-order valence-electron chi connectivity index (χ0n) is 12.6. The van der Waals surface area contributed by atoms with Crippen LogP contribution in [0.4, 0.5) is 0 Å². The van der Waals surface area contributed by atoms with Crippen molar-refractivity contribution in [3.8, 4) is 0 Å². The van der Waals surface area contributed by atoms with Crippen molar-refractivity contribution in [1.29, 1.82) is 0 Å². The highest BCUT2D eigenvalue weighted by atomic mass is 16.5. The SMILES string of the molecule is CC(C)C(CNC(=O)C1CNCCO1)N1CCOCC1. The van der Waals surface area contributed by atoms with E-state index in [-0.39, 0.29) is 12.0 Å². The summed E-state index contributed by atoms with van der Waals surface area (Å²) in [7, 11) is 0. The summed E-state index contributed by atoms with van der Waals surface area (Å²) in [6, 6.07) is 0.361. The molecule has 0 aromatic carbocycles. The number of ether oxygens (including phenoxy) is 2. The minimum atomic E-state index is -0.346. The van der Waals surface area contributed by atoms with Crippen LogP contribution < -0.4 is 10.6 Å². The van der Waals surface area contributed by atoms with E-state index in [9.17, 15) is 4.79 Å². The van der Waals surface area contributed by atoms with Crippen LogP contribution >= 0.6 is 0 Å². The van der Waals surface area contributed by atoms with Crippen LogP contribution in [-0.2, 0) is 14.3 Å². The molecule has 2 unspecified atom stereocenters. The summed E-state index contributed by atoms with van der Waals surface area (Å²) in [5.74, 6) is 0.495. The highest BCUT2D eigenvalue weighted by Crippen LogP contribution is 2.12. The molecule has 6 nitrogen and oxygen atoms in total. The monoisotopic (exact) mass is 285 g/mol. The molecule has 6 heteroatoms. The summed E-state index contributed by atoms with van der Waals surface area (Å²) in [5, 5.41) is 6.22. The van der Waals surface area contributed by atoms with Crippen molar-refractivity contribution in [3.05, 3.63) is 0 Å². The molecule has 2 saturated heterocycles. The molecule has 0 aromatic rings. The predicted octanol–water partition coefficient (Wildman–Crippen LogP) is -0.552. The van der Waals surface area contributed by atoms with Crippen LogP contribution in [0.25, 0.3) is 0 Å². The molecule has 2 heterocycles. The smallest absolute Gasteiger partial charge is 0.250 e. The van der Waals surface area contributed by atoms with Crippen LogP contribution in [0, 0.1) is 5.92 Å². The van der Waals surface area contributed by atoms with Gasteiger partial charge in [0, 0.05) is 38.8 Å². The molecule has 2 fully saturated rings. The zero-order chi connectivity index (χ0) is 14.4. The molecule has 2 N–H and O–H groups in total. The Bertz CT molecular complexity index is 300. The number of nitrogens with one attached hydrogen (secondary N) is 2. The lowest BCUT2D eigenvalue weighted by molar-refractivity contribution is -0.134. The Balaban J connectivity index is 1.80. The van der Waals surface area contributed by atoms with Gasteiger partial charge in [0.15, 0.2) is 0 Å². The predicted molar refractivity (Wildman–Crippen MR) is 76.6 cm³/mol. The second-order valence-electron chi connectivity index (χ2n) is 5.77. The van der Waals surface area contributed by atoms with E-state index in [2.05, 4.69) is 29.4 Å². The highest BCUT2D eigenvalue weighted by molar-refractivity contribution is 5.81. The lowest BCUT2D eigenvalue weighted by Crippen LogP contribution is -2.54. The molecule has 2 aliphatic rings. The third-order valence-corrected chi connectivity index (χ3v) is 3.99. The van der Waals surface area contributed by atoms with Gasteiger partial charge in [-0.3, -0.25) is 9.69 Å². The van der Waals surface area contributed by atoms with Crippen molar-refractivity contribution in [3.63, 3.8) is 0 Å². The van der Waals surface area contributed by atoms with Crippen molar-refractivity contribution in [2.45, 2.75) is 26.0 Å². The fourth-order valence-electron chi connectivity index (χ4n) is 2.75. The molecular formula is C14H27N3O3. The Hall–Kier alpha value is -0.690. The average molecular weight is 285 g/mol. The Kier molecular flexibility index (Phi) is 6.22. The first-order valence-corrected chi connectivity index (χ1v) is 7.60. The maximum absolute atomic E-state index is 12.1. The van der Waals surface area contributed by atoms with Gasteiger partial charge in [-0.2, -0.15) is 0 Å². The van der Waals surface area contributed by atoms with Crippen molar-refractivity contribution in [1.82, 2.24) is 15.5 Å². The second kappa shape index (κ2) is 7.93. The first kappa shape index (κ1) is 15.7. The molecule has 0 saturated carbocycles. The van der Waals surface area contributed by atoms with Crippen molar-refractivity contribution >= 4 is 5.91 Å². The van der Waals surface area contributed by atoms with Crippen molar-refractivity contribution in [2.24, 2.45) is 5.92 Å². The molecule has 20 heavy (non-hydrogen) atoms. The van der Waals surface area contributed by atoms with Crippen LogP contribution in [0.1, 0.15) is 13.8 Å². The van der Waals surface area contributed by atoms with Crippen LogP contribution in [0.2, 0.25) is 0 Å². The Labute approximate surface area is 121 Å². The van der Waals surface area contributed by atoms with Gasteiger partial charge >= 0.3 is 0 Å². The van der Waals surface area contributed by atoms with E-state index in [0.717, 1.165) is 32.8 Å². The Morgan fingerprint density at radius 1 is 1.35 bits per heavy atom. The molecule has 0 aliphatic carbocycles. The topological polar surface area (TPSA) is 62.8 Å². The summed E-state index contributed by atoms with van der Waals surface area (Å²) in [6.45, 7) is 10.6. The maximum atomic E-state index is 12.1. The van der Waals surface area contributed by atoms with Gasteiger partial charge < -0.3 is 20.1 Å². The van der Waals surface area contributed by atoms with E-state index >= 15 is 0 Å². The van der Waals surface area contributed by atoms with Gasteiger partial charge in [0.1, 0.15) is 6.10 Å². The number of carbonyl (C=O) groups excluding carboxylic acids is 1. The van der Waals surface area contributed by atoms with Crippen LogP contribution in [0.3, 0.4) is 0 Å². The van der Waals surface area contributed by atoms with Gasteiger partial charge in [-0.15, -0.1) is 0 Å². The zero-order valence-corrected chi connectivity index (χ0v) is 12.6. The minimum absolute atomic E-state index is 0.00360. The highest BCUT2D eigenvalue weighted by Gasteiger charge is 2.26. The van der Waals surface area contributed by atoms with Crippen LogP contribution in [0.5, 0.6) is 0 Å². The Morgan fingerprint density at radius 3 is 2.70 bits per heavy atom. The van der Waals surface area contributed by atoms with Gasteiger partial charge in [-0.25, -0.2) is 0 Å². The van der Waals surface area contributed by atoms with E-state index in [1.165, 1.54) is 0 Å². The quantitative estimate of drug-likeness (QED) is 0.709. The van der Waals surface area contributed by atoms with E-state index in [0.29, 0.717) is 31.7 Å². The molecule has 0 radical (unpaired) electrons. The molecule has 2 aliphatic heterocycles. The first-order valence-electron chi connectivity index (χ1n) is 7.60. The summed E-state index contributed by atoms with van der Waals surface area (Å²) >= 11 is 0. The molecule has 2 rings (SSSR count). The van der Waals surface area contributed by atoms with Gasteiger partial charge in [0.05, 0.1) is 19.8 Å². The molecular weight excluding hydrogens is 258 g/mol. The van der Waals surface area contributed by atoms with E-state index < -0.39 is 0 Å². The van der Waals surface area contributed by atoms with E-state index in [1.807, 2.05) is 0 Å². The number of morpholine rings is 2. The number of hydrogen-bond acceptors (Lipinski definition) is 5. The number of carbonyl (C=O) groups is 1. The van der Waals surface area contributed by atoms with Gasteiger partial charge in [0.25, 0.3) is 5.91 Å². The lowest BCUT2D eigenvalue weighted by atomic mass is 10.0. The van der Waals surface area contributed by atoms with E-state index in [1.54, 1.807) is 0 Å². The molecule has 1 amide bonds. The molecule has 116 valence electrons. The van der Waals surface area contributed by atoms with Crippen LogP contribution in [-0.4, -0.2) is 75.5 Å². The summed E-state index contributed by atoms with van der Waals surface area (Å²) in [4.78, 5) is 14.5. The fraction of sp³-hybridized carbons (Fsp3) is 0.929. The van der Waals surface area contributed by atoms with E-state index in [4.69, 9.17) is 9.47 Å². The van der Waals surface area contributed by atoms with Gasteiger partial charge in [-0.1, -0.05) is 13.8 Å². The maximum Gasteiger partial charge on any atom is 0.250 e. The van der Waals surface area contributed by atoms with Gasteiger partial charge in [0.2, 0.25) is 0 Å². The van der Waals surface area contributed by atoms with Gasteiger partial charge in [-0.05, 0) is 5.92 Å². The largest absolute Gasteiger partial charge is 0.379 e.